The molecule has 1 aromatic carbocycles. The molecule has 3 atom stereocenters. The number of carboxylic acids is 1. The largest absolute Gasteiger partial charge is 0.480 e. The van der Waals surface area contributed by atoms with Crippen LogP contribution in [0.15, 0.2) is 34.5 Å². The number of piperidine rings is 1. The van der Waals surface area contributed by atoms with Gasteiger partial charge in [-0.3, -0.25) is 9.91 Å². The first-order chi connectivity index (χ1) is 15.9. The molecular formula is C24H34N4O5. The lowest BCUT2D eigenvalue weighted by Crippen LogP contribution is -2.42. The summed E-state index contributed by atoms with van der Waals surface area (Å²) in [5.41, 5.74) is 3.10. The lowest BCUT2D eigenvalue weighted by Gasteiger charge is -2.33. The van der Waals surface area contributed by atoms with Gasteiger partial charge in [-0.25, -0.2) is 4.79 Å². The van der Waals surface area contributed by atoms with Crippen molar-refractivity contribution in [3.63, 3.8) is 0 Å². The van der Waals surface area contributed by atoms with Crippen molar-refractivity contribution in [3.8, 4) is 0 Å². The van der Waals surface area contributed by atoms with E-state index in [9.17, 15) is 4.79 Å². The summed E-state index contributed by atoms with van der Waals surface area (Å²) in [6.45, 7) is 8.13. The number of carbonyl (C=O) groups is 1. The van der Waals surface area contributed by atoms with Crippen molar-refractivity contribution in [1.29, 1.82) is 0 Å². The molecule has 3 aliphatic heterocycles. The summed E-state index contributed by atoms with van der Waals surface area (Å²) >= 11 is 0. The number of carboxylic acid groups (broad SMARTS) is 1. The highest BCUT2D eigenvalue weighted by Crippen LogP contribution is 2.21. The molecule has 0 radical (unpaired) electrons. The summed E-state index contributed by atoms with van der Waals surface area (Å²) in [7, 11) is 0. The number of benzene rings is 1. The van der Waals surface area contributed by atoms with Gasteiger partial charge in [0.25, 0.3) is 0 Å². The second kappa shape index (κ2) is 11.1. The van der Waals surface area contributed by atoms with E-state index >= 15 is 0 Å². The summed E-state index contributed by atoms with van der Waals surface area (Å²) in [6.07, 6.45) is 4.84. The number of nitrogens with zero attached hydrogens (tertiary/aromatic N) is 4. The third kappa shape index (κ3) is 6.99. The zero-order valence-electron chi connectivity index (χ0n) is 19.4. The molecule has 0 aliphatic carbocycles. The molecule has 4 rings (SSSR count). The minimum absolute atomic E-state index is 0.0331. The second-order valence-corrected chi connectivity index (χ2v) is 9.17. The van der Waals surface area contributed by atoms with Crippen molar-refractivity contribution in [3.05, 3.63) is 35.4 Å². The van der Waals surface area contributed by atoms with E-state index in [0.717, 1.165) is 68.8 Å². The Hall–Kier alpha value is -2.49. The molecule has 1 N–H and O–H groups in total. The molecule has 0 aromatic heterocycles. The number of hydrogen-bond donors (Lipinski definition) is 1. The lowest BCUT2D eigenvalue weighted by atomic mass is 10.0. The highest BCUT2D eigenvalue weighted by molar-refractivity contribution is 6.01. The standard InChI is InChI=1S/C24H34N4O5/c1-17-13-28(14-18(2)32-17)25-12-19-3-5-20(6-4-19)23-11-22(33-26-23)15-27-9-7-21(8-10-27)31-16-24(29)30/h3-6,12,17-18,21-22H,7-11,13-16H2,1-2H3,(H,29,30)/b25-12+. The number of ether oxygens (including phenoxy) is 2. The Balaban J connectivity index is 1.21. The number of aliphatic carboxylic acids is 1. The van der Waals surface area contributed by atoms with Gasteiger partial charge >= 0.3 is 5.97 Å². The van der Waals surface area contributed by atoms with Crippen LogP contribution in [0.4, 0.5) is 0 Å². The Morgan fingerprint density at radius 2 is 1.91 bits per heavy atom. The molecule has 3 aliphatic rings. The molecule has 33 heavy (non-hydrogen) atoms. The van der Waals surface area contributed by atoms with Gasteiger partial charge in [0.05, 0.1) is 43.3 Å². The molecule has 3 heterocycles. The van der Waals surface area contributed by atoms with Crippen LogP contribution in [0.3, 0.4) is 0 Å². The maximum absolute atomic E-state index is 10.6. The first kappa shape index (κ1) is 23.7. The summed E-state index contributed by atoms with van der Waals surface area (Å²) < 4.78 is 11.2. The maximum Gasteiger partial charge on any atom is 0.329 e. The van der Waals surface area contributed by atoms with Gasteiger partial charge in [-0.15, -0.1) is 0 Å². The van der Waals surface area contributed by atoms with Gasteiger partial charge in [-0.2, -0.15) is 5.10 Å². The van der Waals surface area contributed by atoms with Crippen LogP contribution in [0.5, 0.6) is 0 Å². The van der Waals surface area contributed by atoms with Crippen LogP contribution in [0.1, 0.15) is 44.2 Å². The number of hydrazone groups is 1. The van der Waals surface area contributed by atoms with E-state index in [4.69, 9.17) is 19.4 Å². The highest BCUT2D eigenvalue weighted by atomic mass is 16.6. The third-order valence-corrected chi connectivity index (χ3v) is 6.19. The van der Waals surface area contributed by atoms with Crippen LogP contribution >= 0.6 is 0 Å². The minimum atomic E-state index is -0.914. The highest BCUT2D eigenvalue weighted by Gasteiger charge is 2.27. The Labute approximate surface area is 195 Å². The summed E-state index contributed by atoms with van der Waals surface area (Å²) in [6, 6.07) is 8.26. The zero-order valence-corrected chi connectivity index (χ0v) is 19.4. The maximum atomic E-state index is 10.6. The van der Waals surface area contributed by atoms with Crippen molar-refractivity contribution >= 4 is 17.9 Å². The van der Waals surface area contributed by atoms with Crippen molar-refractivity contribution < 1.29 is 24.2 Å². The average Bonchev–Trinajstić information content (AvgIpc) is 3.25. The van der Waals surface area contributed by atoms with Crippen molar-refractivity contribution in [2.24, 2.45) is 10.3 Å². The average molecular weight is 459 g/mol. The molecule has 0 bridgehead atoms. The van der Waals surface area contributed by atoms with E-state index < -0.39 is 5.97 Å². The van der Waals surface area contributed by atoms with E-state index in [0.29, 0.717) is 0 Å². The van der Waals surface area contributed by atoms with Gasteiger partial charge in [0, 0.05) is 26.1 Å². The van der Waals surface area contributed by atoms with E-state index in [1.807, 2.05) is 6.21 Å². The van der Waals surface area contributed by atoms with Gasteiger partial charge in [0.15, 0.2) is 0 Å². The predicted molar refractivity (Wildman–Crippen MR) is 125 cm³/mol. The molecule has 9 nitrogen and oxygen atoms in total. The van der Waals surface area contributed by atoms with E-state index in [1.165, 1.54) is 0 Å². The minimum Gasteiger partial charge on any atom is -0.480 e. The molecule has 1 aromatic rings. The van der Waals surface area contributed by atoms with Crippen LogP contribution in [0.2, 0.25) is 0 Å². The number of oxime groups is 1. The van der Waals surface area contributed by atoms with E-state index in [1.54, 1.807) is 0 Å². The quantitative estimate of drug-likeness (QED) is 0.597. The van der Waals surface area contributed by atoms with Crippen LogP contribution in [-0.4, -0.2) is 96.7 Å². The van der Waals surface area contributed by atoms with Crippen molar-refractivity contribution in [2.75, 3.05) is 39.3 Å². The molecule has 0 spiro atoms. The summed E-state index contributed by atoms with van der Waals surface area (Å²) in [5, 5.41) is 19.7. The molecule has 2 saturated heterocycles. The van der Waals surface area contributed by atoms with Gasteiger partial charge < -0.3 is 19.4 Å². The molecule has 9 heteroatoms. The van der Waals surface area contributed by atoms with Crippen molar-refractivity contribution in [1.82, 2.24) is 9.91 Å². The molecule has 2 fully saturated rings. The SMILES string of the molecule is CC1CN(/N=C/c2ccc(C3=NOC(CN4CCC(OCC(=O)O)CC4)C3)cc2)CC(C)O1. The van der Waals surface area contributed by atoms with Crippen LogP contribution in [-0.2, 0) is 19.1 Å². The molecule has 3 unspecified atom stereocenters. The van der Waals surface area contributed by atoms with Crippen molar-refractivity contribution in [2.45, 2.75) is 57.5 Å². The lowest BCUT2D eigenvalue weighted by molar-refractivity contribution is -0.145. The van der Waals surface area contributed by atoms with E-state index in [-0.39, 0.29) is 31.0 Å². The molecule has 0 saturated carbocycles. The Morgan fingerprint density at radius 1 is 1.21 bits per heavy atom. The first-order valence-electron chi connectivity index (χ1n) is 11.8. The Kier molecular flexibility index (Phi) is 7.95. The number of likely N-dealkylation sites (tertiary alicyclic amines) is 1. The topological polar surface area (TPSA) is 96.2 Å². The number of hydrogen-bond acceptors (Lipinski definition) is 8. The second-order valence-electron chi connectivity index (χ2n) is 9.17. The van der Waals surface area contributed by atoms with E-state index in [2.05, 4.69) is 58.3 Å². The number of morpholine rings is 1. The Morgan fingerprint density at radius 3 is 2.58 bits per heavy atom. The number of rotatable bonds is 8. The van der Waals surface area contributed by atoms with Crippen LogP contribution in [0.25, 0.3) is 0 Å². The monoisotopic (exact) mass is 458 g/mol. The van der Waals surface area contributed by atoms with Gasteiger partial charge in [-0.1, -0.05) is 29.4 Å². The molecule has 0 amide bonds. The zero-order chi connectivity index (χ0) is 23.2. The normalized spacial score (nSPS) is 27.0. The summed E-state index contributed by atoms with van der Waals surface area (Å²) in [5.74, 6) is -0.914. The molecular weight excluding hydrogens is 424 g/mol. The fourth-order valence-electron chi connectivity index (χ4n) is 4.59. The third-order valence-electron chi connectivity index (χ3n) is 6.19. The smallest absolute Gasteiger partial charge is 0.329 e. The van der Waals surface area contributed by atoms with Gasteiger partial charge in [-0.05, 0) is 37.8 Å². The van der Waals surface area contributed by atoms with Gasteiger partial charge in [0.1, 0.15) is 12.7 Å². The Bertz CT molecular complexity index is 841. The predicted octanol–water partition coefficient (Wildman–Crippen LogP) is 2.19. The summed E-state index contributed by atoms with van der Waals surface area (Å²) in [4.78, 5) is 18.7. The van der Waals surface area contributed by atoms with Crippen LogP contribution < -0.4 is 0 Å². The van der Waals surface area contributed by atoms with Gasteiger partial charge in [0.2, 0.25) is 0 Å². The molecule has 180 valence electrons. The fourth-order valence-corrected chi connectivity index (χ4v) is 4.59. The fraction of sp³-hybridized carbons (Fsp3) is 0.625. The first-order valence-corrected chi connectivity index (χ1v) is 11.8. The van der Waals surface area contributed by atoms with Crippen LogP contribution in [0, 0.1) is 0 Å².